The van der Waals surface area contributed by atoms with Gasteiger partial charge in [-0.05, 0) is 32.9 Å². The van der Waals surface area contributed by atoms with E-state index in [0.29, 0.717) is 23.9 Å². The van der Waals surface area contributed by atoms with Gasteiger partial charge in [-0.15, -0.1) is 0 Å². The highest BCUT2D eigenvalue weighted by atomic mass is 35.5. The van der Waals surface area contributed by atoms with Crippen LogP contribution < -0.4 is 15.4 Å². The van der Waals surface area contributed by atoms with Gasteiger partial charge in [-0.3, -0.25) is 4.99 Å². The first-order valence-corrected chi connectivity index (χ1v) is 6.66. The van der Waals surface area contributed by atoms with Crippen LogP contribution in [0.1, 0.15) is 20.8 Å². The minimum absolute atomic E-state index is 0.0224. The molecule has 0 aliphatic heterocycles. The van der Waals surface area contributed by atoms with E-state index in [0.717, 1.165) is 5.96 Å². The number of ether oxygens (including phenoxy) is 1. The van der Waals surface area contributed by atoms with Gasteiger partial charge in [-0.1, -0.05) is 23.7 Å². The van der Waals surface area contributed by atoms with Crippen LogP contribution in [0.4, 0.5) is 0 Å². The van der Waals surface area contributed by atoms with Crippen LogP contribution in [0.3, 0.4) is 0 Å². The summed E-state index contributed by atoms with van der Waals surface area (Å²) in [4.78, 5) is 4.15. The first-order valence-electron chi connectivity index (χ1n) is 6.28. The van der Waals surface area contributed by atoms with Crippen molar-refractivity contribution < 1.29 is 4.74 Å². The fourth-order valence-electron chi connectivity index (χ4n) is 1.43. The minimum atomic E-state index is -0.0224. The SMILES string of the molecule is CN=C(NCCOc1ccccc1Cl)NC(C)(C)C. The van der Waals surface area contributed by atoms with Gasteiger partial charge in [0, 0.05) is 12.6 Å². The van der Waals surface area contributed by atoms with Crippen LogP contribution in [0, 0.1) is 0 Å². The Morgan fingerprint density at radius 3 is 2.58 bits per heavy atom. The summed E-state index contributed by atoms with van der Waals surface area (Å²) in [7, 11) is 1.75. The predicted molar refractivity (Wildman–Crippen MR) is 81.2 cm³/mol. The Hall–Kier alpha value is -1.42. The lowest BCUT2D eigenvalue weighted by molar-refractivity contribution is 0.321. The van der Waals surface area contributed by atoms with Crippen molar-refractivity contribution in [1.29, 1.82) is 0 Å². The maximum absolute atomic E-state index is 6.00. The number of halogens is 1. The molecule has 0 fully saturated rings. The number of hydrogen-bond acceptors (Lipinski definition) is 2. The van der Waals surface area contributed by atoms with E-state index in [4.69, 9.17) is 16.3 Å². The quantitative estimate of drug-likeness (QED) is 0.507. The van der Waals surface area contributed by atoms with Gasteiger partial charge < -0.3 is 15.4 Å². The monoisotopic (exact) mass is 283 g/mol. The number of aliphatic imine (C=N–C) groups is 1. The lowest BCUT2D eigenvalue weighted by Crippen LogP contribution is -2.48. The lowest BCUT2D eigenvalue weighted by Gasteiger charge is -2.23. The standard InChI is InChI=1S/C14H22ClN3O/c1-14(2,3)18-13(16-4)17-9-10-19-12-8-6-5-7-11(12)15/h5-8H,9-10H2,1-4H3,(H2,16,17,18). The number of guanidine groups is 1. The summed E-state index contributed by atoms with van der Waals surface area (Å²) in [5, 5.41) is 7.08. The molecule has 0 bridgehead atoms. The number of rotatable bonds is 4. The lowest BCUT2D eigenvalue weighted by atomic mass is 10.1. The van der Waals surface area contributed by atoms with Crippen LogP contribution in [0.5, 0.6) is 5.75 Å². The van der Waals surface area contributed by atoms with E-state index < -0.39 is 0 Å². The number of nitrogens with one attached hydrogen (secondary N) is 2. The molecule has 1 aromatic carbocycles. The molecule has 0 saturated carbocycles. The maximum Gasteiger partial charge on any atom is 0.191 e. The normalized spacial score (nSPS) is 12.2. The van der Waals surface area contributed by atoms with E-state index in [1.165, 1.54) is 0 Å². The molecule has 4 nitrogen and oxygen atoms in total. The topological polar surface area (TPSA) is 45.7 Å². The Morgan fingerprint density at radius 2 is 2.00 bits per heavy atom. The van der Waals surface area contributed by atoms with Gasteiger partial charge in [0.2, 0.25) is 0 Å². The van der Waals surface area contributed by atoms with E-state index in [2.05, 4.69) is 36.4 Å². The van der Waals surface area contributed by atoms with Crippen LogP contribution in [0.25, 0.3) is 0 Å². The summed E-state index contributed by atoms with van der Waals surface area (Å²) >= 11 is 6.00. The molecule has 0 spiro atoms. The van der Waals surface area contributed by atoms with Gasteiger partial charge in [0.25, 0.3) is 0 Å². The molecular weight excluding hydrogens is 262 g/mol. The zero-order valence-corrected chi connectivity index (χ0v) is 12.7. The highest BCUT2D eigenvalue weighted by Gasteiger charge is 2.11. The number of benzene rings is 1. The van der Waals surface area contributed by atoms with Crippen molar-refractivity contribution in [3.05, 3.63) is 29.3 Å². The Balaban J connectivity index is 2.33. The Labute approximate surface area is 120 Å². The second-order valence-corrected chi connectivity index (χ2v) is 5.56. The molecule has 0 unspecified atom stereocenters. The fraction of sp³-hybridized carbons (Fsp3) is 0.500. The molecule has 0 saturated heterocycles. The van der Waals surface area contributed by atoms with E-state index in [-0.39, 0.29) is 5.54 Å². The van der Waals surface area contributed by atoms with Gasteiger partial charge in [0.05, 0.1) is 11.6 Å². The smallest absolute Gasteiger partial charge is 0.191 e. The van der Waals surface area contributed by atoms with E-state index in [9.17, 15) is 0 Å². The fourth-order valence-corrected chi connectivity index (χ4v) is 1.62. The van der Waals surface area contributed by atoms with Gasteiger partial charge >= 0.3 is 0 Å². The number of hydrogen-bond donors (Lipinski definition) is 2. The Bertz CT molecular complexity index is 427. The maximum atomic E-state index is 6.00. The van der Waals surface area contributed by atoms with Crippen LogP contribution in [-0.4, -0.2) is 31.7 Å². The molecule has 0 aliphatic rings. The Kier molecular flexibility index (Phi) is 5.96. The summed E-state index contributed by atoms with van der Waals surface area (Å²) in [6.07, 6.45) is 0. The molecule has 0 aliphatic carbocycles. The highest BCUT2D eigenvalue weighted by Crippen LogP contribution is 2.22. The molecule has 19 heavy (non-hydrogen) atoms. The molecular formula is C14H22ClN3O. The third kappa shape index (κ3) is 6.34. The molecule has 1 rings (SSSR count). The third-order valence-corrected chi connectivity index (χ3v) is 2.52. The van der Waals surface area contributed by atoms with E-state index in [1.54, 1.807) is 7.05 Å². The molecule has 5 heteroatoms. The molecule has 106 valence electrons. The molecule has 1 aromatic rings. The molecule has 0 aromatic heterocycles. The summed E-state index contributed by atoms with van der Waals surface area (Å²) in [6.45, 7) is 7.43. The molecule has 0 atom stereocenters. The second kappa shape index (κ2) is 7.24. The van der Waals surface area contributed by atoms with E-state index >= 15 is 0 Å². The average Bonchev–Trinajstić information content (AvgIpc) is 2.33. The van der Waals surface area contributed by atoms with Crippen molar-refractivity contribution in [1.82, 2.24) is 10.6 Å². The summed E-state index contributed by atoms with van der Waals surface area (Å²) in [5.41, 5.74) is -0.0224. The zero-order valence-electron chi connectivity index (χ0n) is 12.0. The van der Waals surface area contributed by atoms with Gasteiger partial charge in [-0.25, -0.2) is 0 Å². The second-order valence-electron chi connectivity index (χ2n) is 5.15. The van der Waals surface area contributed by atoms with Crippen molar-refractivity contribution in [2.24, 2.45) is 4.99 Å². The molecule has 0 amide bonds. The highest BCUT2D eigenvalue weighted by molar-refractivity contribution is 6.32. The average molecular weight is 284 g/mol. The summed E-state index contributed by atoms with van der Waals surface area (Å²) < 4.78 is 5.58. The molecule has 2 N–H and O–H groups in total. The number of para-hydroxylation sites is 1. The molecule has 0 radical (unpaired) electrons. The van der Waals surface area contributed by atoms with Crippen LogP contribution in [-0.2, 0) is 0 Å². The van der Waals surface area contributed by atoms with Crippen LogP contribution >= 0.6 is 11.6 Å². The van der Waals surface area contributed by atoms with Gasteiger partial charge in [0.15, 0.2) is 5.96 Å². The van der Waals surface area contributed by atoms with Crippen molar-refractivity contribution in [2.45, 2.75) is 26.3 Å². The van der Waals surface area contributed by atoms with Crippen molar-refractivity contribution in [2.75, 3.05) is 20.2 Å². The van der Waals surface area contributed by atoms with Gasteiger partial charge in [-0.2, -0.15) is 0 Å². The van der Waals surface area contributed by atoms with Crippen molar-refractivity contribution in [3.63, 3.8) is 0 Å². The zero-order chi connectivity index (χ0) is 14.3. The van der Waals surface area contributed by atoms with Crippen molar-refractivity contribution >= 4 is 17.6 Å². The van der Waals surface area contributed by atoms with Crippen LogP contribution in [0.15, 0.2) is 29.3 Å². The van der Waals surface area contributed by atoms with Gasteiger partial charge in [0.1, 0.15) is 12.4 Å². The minimum Gasteiger partial charge on any atom is -0.490 e. The summed E-state index contributed by atoms with van der Waals surface area (Å²) in [5.74, 6) is 1.46. The first kappa shape index (κ1) is 15.6. The summed E-state index contributed by atoms with van der Waals surface area (Å²) in [6, 6.07) is 7.44. The van der Waals surface area contributed by atoms with E-state index in [1.807, 2.05) is 24.3 Å². The third-order valence-electron chi connectivity index (χ3n) is 2.21. The van der Waals surface area contributed by atoms with Crippen LogP contribution in [0.2, 0.25) is 5.02 Å². The first-order chi connectivity index (χ1) is 8.92. The Morgan fingerprint density at radius 1 is 1.32 bits per heavy atom. The van der Waals surface area contributed by atoms with Crippen molar-refractivity contribution in [3.8, 4) is 5.75 Å². The predicted octanol–water partition coefficient (Wildman–Crippen LogP) is 2.68. The largest absolute Gasteiger partial charge is 0.490 e. The number of nitrogens with zero attached hydrogens (tertiary/aromatic N) is 1. The molecule has 0 heterocycles.